The number of rotatable bonds is 4. The molecule has 8 rings (SSSR count). The summed E-state index contributed by atoms with van der Waals surface area (Å²) in [7, 11) is 0. The maximum absolute atomic E-state index is 13.5. The molecule has 7 aromatic rings. The van der Waals surface area contributed by atoms with E-state index in [1.807, 2.05) is 48.5 Å². The predicted molar refractivity (Wildman–Crippen MR) is 174 cm³/mol. The fourth-order valence-electron chi connectivity index (χ4n) is 6.00. The fraction of sp³-hybridized carbons (Fsp3) is 0. The molecule has 0 atom stereocenters. The van der Waals surface area contributed by atoms with Gasteiger partial charge in [0.2, 0.25) is 0 Å². The number of allylic oxidation sites excluding steroid dienone is 1. The van der Waals surface area contributed by atoms with E-state index in [-0.39, 0.29) is 31.6 Å². The van der Waals surface area contributed by atoms with Crippen molar-refractivity contribution in [2.24, 2.45) is 0 Å². The van der Waals surface area contributed by atoms with Crippen molar-refractivity contribution in [3.8, 4) is 0 Å². The van der Waals surface area contributed by atoms with E-state index in [1.54, 1.807) is 0 Å². The molecule has 1 aromatic heterocycles. The summed E-state index contributed by atoms with van der Waals surface area (Å²) in [5.41, 5.74) is 3.46. The van der Waals surface area contributed by atoms with Crippen molar-refractivity contribution >= 4 is 80.4 Å². The van der Waals surface area contributed by atoms with Gasteiger partial charge in [-0.15, -0.1) is 0 Å². The summed E-state index contributed by atoms with van der Waals surface area (Å²) >= 11 is -0.138. The van der Waals surface area contributed by atoms with Crippen LogP contribution in [0.5, 0.6) is 0 Å². The minimum absolute atomic E-state index is 0.138. The third-order valence-corrected chi connectivity index (χ3v) is 10.1. The van der Waals surface area contributed by atoms with Gasteiger partial charge in [-0.1, -0.05) is 0 Å². The van der Waals surface area contributed by atoms with Crippen LogP contribution in [0.15, 0.2) is 139 Å². The number of fused-ring (bicyclic) bond motifs is 4. The molecule has 1 aliphatic rings. The Bertz CT molecular complexity index is 2130. The first-order valence-corrected chi connectivity index (χ1v) is 15.6. The average Bonchev–Trinajstić information content (AvgIpc) is 3.59. The second kappa shape index (κ2) is 9.81. The number of para-hydroxylation sites is 1. The van der Waals surface area contributed by atoms with Crippen molar-refractivity contribution in [3.05, 3.63) is 155 Å². The van der Waals surface area contributed by atoms with E-state index < -0.39 is 0 Å². The van der Waals surface area contributed by atoms with Gasteiger partial charge in [0.15, 0.2) is 0 Å². The van der Waals surface area contributed by atoms with Gasteiger partial charge in [-0.2, -0.15) is 0 Å². The molecule has 0 fully saturated rings. The van der Waals surface area contributed by atoms with E-state index in [0.29, 0.717) is 11.1 Å². The average molecular weight is 605 g/mol. The van der Waals surface area contributed by atoms with Crippen LogP contribution in [0.25, 0.3) is 38.4 Å². The van der Waals surface area contributed by atoms with Crippen LogP contribution < -0.4 is 4.90 Å². The number of hydrogen-bond donors (Lipinski definition) is 0. The zero-order valence-corrected chi connectivity index (χ0v) is 24.2. The number of carbonyl (C=O) groups is 2. The normalized spacial score (nSPS) is 12.8. The van der Waals surface area contributed by atoms with Crippen LogP contribution in [0.3, 0.4) is 0 Å². The van der Waals surface area contributed by atoms with Crippen molar-refractivity contribution < 1.29 is 9.59 Å². The van der Waals surface area contributed by atoms with Gasteiger partial charge in [0.1, 0.15) is 0 Å². The van der Waals surface area contributed by atoms with Gasteiger partial charge in [0.25, 0.3) is 0 Å². The summed E-state index contributed by atoms with van der Waals surface area (Å²) in [5, 5.41) is 6.64. The Balaban J connectivity index is 1.28. The second-order valence-electron chi connectivity index (χ2n) is 10.5. The van der Waals surface area contributed by atoms with Gasteiger partial charge < -0.3 is 0 Å². The van der Waals surface area contributed by atoms with Crippen LogP contribution in [0, 0.1) is 0 Å². The number of benzene rings is 6. The summed E-state index contributed by atoms with van der Waals surface area (Å²) < 4.78 is 2.14. The summed E-state index contributed by atoms with van der Waals surface area (Å²) in [6.07, 6.45) is 1.82. The number of nitrogens with zero attached hydrogens (tertiary/aromatic N) is 1. The second-order valence-corrected chi connectivity index (χ2v) is 12.8. The van der Waals surface area contributed by atoms with Crippen molar-refractivity contribution in [1.29, 1.82) is 0 Å². The van der Waals surface area contributed by atoms with Gasteiger partial charge in [-0.25, -0.2) is 0 Å². The Morgan fingerprint density at radius 1 is 0.524 bits per heavy atom. The molecule has 0 unspecified atom stereocenters. The molecule has 1 aliphatic carbocycles. The number of anilines is 3. The van der Waals surface area contributed by atoms with E-state index >= 15 is 0 Å². The molecular weight excluding hydrogens is 581 g/mol. The predicted octanol–water partition coefficient (Wildman–Crippen LogP) is 9.14. The van der Waals surface area contributed by atoms with E-state index in [4.69, 9.17) is 0 Å². The summed E-state index contributed by atoms with van der Waals surface area (Å²) in [6.45, 7) is 0. The zero-order valence-electron chi connectivity index (χ0n) is 22.5. The quantitative estimate of drug-likeness (QED) is 0.0871. The van der Waals surface area contributed by atoms with E-state index in [2.05, 4.69) is 95.9 Å². The van der Waals surface area contributed by atoms with Gasteiger partial charge in [-0.05, 0) is 0 Å². The molecule has 42 heavy (non-hydrogen) atoms. The maximum atomic E-state index is 13.5. The molecule has 6 aromatic carbocycles. The summed E-state index contributed by atoms with van der Waals surface area (Å²) in [6, 6.07) is 45.4. The molecule has 198 valence electrons. The SMILES string of the molecule is O=C1C(=Cc2ccc(N(c3ccccc3)c3c4ccccc4cc4ccccc34)[se]2)C(=O)c2cc3ccccc3cc21. The number of hydrogen-bond acceptors (Lipinski definition) is 3. The van der Waals surface area contributed by atoms with Crippen LogP contribution in [-0.4, -0.2) is 26.1 Å². The Morgan fingerprint density at radius 2 is 1.05 bits per heavy atom. The molecule has 0 aliphatic heterocycles. The van der Waals surface area contributed by atoms with Crippen LogP contribution in [0.1, 0.15) is 25.2 Å². The van der Waals surface area contributed by atoms with E-state index in [0.717, 1.165) is 31.1 Å². The molecule has 3 nitrogen and oxygen atoms in total. The van der Waals surface area contributed by atoms with Crippen molar-refractivity contribution in [2.45, 2.75) is 0 Å². The molecule has 1 heterocycles. The molecular formula is C38H23NO2Se. The van der Waals surface area contributed by atoms with Crippen molar-refractivity contribution in [1.82, 2.24) is 0 Å². The van der Waals surface area contributed by atoms with Gasteiger partial charge >= 0.3 is 249 Å². The third-order valence-electron chi connectivity index (χ3n) is 7.96. The number of ketones is 2. The zero-order chi connectivity index (χ0) is 28.2. The minimum atomic E-state index is -0.189. The molecule has 0 spiro atoms. The van der Waals surface area contributed by atoms with Gasteiger partial charge in [-0.3, -0.25) is 0 Å². The van der Waals surface area contributed by atoms with Crippen molar-refractivity contribution in [3.63, 3.8) is 0 Å². The molecule has 4 heteroatoms. The van der Waals surface area contributed by atoms with E-state index in [9.17, 15) is 9.59 Å². The first-order chi connectivity index (χ1) is 20.7. The van der Waals surface area contributed by atoms with E-state index in [1.165, 1.54) is 21.5 Å². The Kier molecular flexibility index (Phi) is 5.78. The molecule has 0 radical (unpaired) electrons. The topological polar surface area (TPSA) is 37.4 Å². The first kappa shape index (κ1) is 24.7. The van der Waals surface area contributed by atoms with Crippen LogP contribution in [0.2, 0.25) is 0 Å². The Morgan fingerprint density at radius 3 is 1.64 bits per heavy atom. The summed E-state index contributed by atoms with van der Waals surface area (Å²) in [4.78, 5) is 29.3. The van der Waals surface area contributed by atoms with Gasteiger partial charge in [0.05, 0.1) is 0 Å². The van der Waals surface area contributed by atoms with Crippen molar-refractivity contribution in [2.75, 3.05) is 4.90 Å². The number of carbonyl (C=O) groups excluding carboxylic acids is 2. The molecule has 0 saturated carbocycles. The molecule has 0 bridgehead atoms. The third kappa shape index (κ3) is 3.96. The Hall–Kier alpha value is -5.02. The fourth-order valence-corrected chi connectivity index (χ4v) is 8.05. The monoisotopic (exact) mass is 605 g/mol. The summed E-state index contributed by atoms with van der Waals surface area (Å²) in [5.74, 6) is -0.378. The van der Waals surface area contributed by atoms with Gasteiger partial charge in [0, 0.05) is 0 Å². The molecule has 0 saturated heterocycles. The molecule has 0 amide bonds. The first-order valence-electron chi connectivity index (χ1n) is 13.9. The number of Topliss-reactive ketones (excluding diaryl/α,β-unsaturated/α-hetero) is 2. The standard InChI is InChI=1S/C38H23NO2Se/c40-37-32-21-24-10-4-5-11-25(24)22-33(32)38(41)34(37)23-29-18-19-35(42-29)39(28-14-2-1-3-15-28)36-30-16-8-6-12-26(30)20-27-13-7-9-17-31(27)36/h1-23H. The van der Waals surface area contributed by atoms with Crippen LogP contribution in [0.4, 0.5) is 15.9 Å². The van der Waals surface area contributed by atoms with Crippen LogP contribution in [-0.2, 0) is 0 Å². The molecule has 0 N–H and O–H groups in total. The van der Waals surface area contributed by atoms with Crippen LogP contribution >= 0.6 is 0 Å². The Labute approximate surface area is 248 Å².